The Morgan fingerprint density at radius 3 is 2.71 bits per heavy atom. The Kier molecular flexibility index (Phi) is 3.57. The van der Waals surface area contributed by atoms with Gasteiger partial charge in [-0.3, -0.25) is 0 Å². The van der Waals surface area contributed by atoms with Crippen LogP contribution in [-0.4, -0.2) is 13.1 Å². The normalized spacial score (nSPS) is 21.0. The third kappa shape index (κ3) is 2.18. The lowest BCUT2D eigenvalue weighted by atomic mass is 9.90. The van der Waals surface area contributed by atoms with Crippen LogP contribution in [0.25, 0.3) is 0 Å². The molecule has 0 radical (unpaired) electrons. The molecule has 1 saturated heterocycles. The van der Waals surface area contributed by atoms with Gasteiger partial charge in [-0.15, -0.1) is 0 Å². The molecule has 2 rings (SSSR count). The number of thiophene rings is 1. The third-order valence-corrected chi connectivity index (χ3v) is 4.49. The van der Waals surface area contributed by atoms with Crippen molar-refractivity contribution in [3.63, 3.8) is 0 Å². The van der Waals surface area contributed by atoms with Gasteiger partial charge >= 0.3 is 0 Å². The summed E-state index contributed by atoms with van der Waals surface area (Å²) in [5, 5.41) is 7.11. The summed E-state index contributed by atoms with van der Waals surface area (Å²) >= 11 is 4.94. The van der Waals surface area contributed by atoms with Gasteiger partial charge in [0.2, 0.25) is 0 Å². The van der Waals surface area contributed by atoms with Crippen LogP contribution in [-0.2, 0) is 0 Å². The maximum Gasteiger partial charge on any atom is 0.130 e. The molecular formula is C10H13BrFNS. The summed E-state index contributed by atoms with van der Waals surface area (Å²) in [6.07, 6.45) is 1.10. The van der Waals surface area contributed by atoms with E-state index in [0.29, 0.717) is 0 Å². The van der Waals surface area contributed by atoms with E-state index in [2.05, 4.69) is 21.2 Å². The first-order valence-corrected chi connectivity index (χ1v) is 6.59. The predicted octanol–water partition coefficient (Wildman–Crippen LogP) is 3.52. The number of halogens is 2. The topological polar surface area (TPSA) is 12.0 Å². The van der Waals surface area contributed by atoms with Crippen LogP contribution >= 0.6 is 27.3 Å². The van der Waals surface area contributed by atoms with Crippen LogP contribution in [0.3, 0.4) is 0 Å². The SMILES string of the molecule is FC(c1cscc1Br)C1CCNCC1. The molecule has 0 saturated carbocycles. The zero-order valence-corrected chi connectivity index (χ0v) is 10.2. The van der Waals surface area contributed by atoms with E-state index in [9.17, 15) is 4.39 Å². The lowest BCUT2D eigenvalue weighted by molar-refractivity contribution is 0.190. The molecule has 0 aromatic carbocycles. The van der Waals surface area contributed by atoms with Crippen LogP contribution in [0.15, 0.2) is 15.2 Å². The molecule has 1 nitrogen and oxygen atoms in total. The minimum Gasteiger partial charge on any atom is -0.317 e. The summed E-state index contributed by atoms with van der Waals surface area (Å²) in [6.45, 7) is 1.90. The van der Waals surface area contributed by atoms with Crippen molar-refractivity contribution in [3.05, 3.63) is 20.8 Å². The van der Waals surface area contributed by atoms with E-state index in [1.54, 1.807) is 11.3 Å². The number of hydrogen-bond acceptors (Lipinski definition) is 2. The van der Waals surface area contributed by atoms with Crippen molar-refractivity contribution in [1.29, 1.82) is 0 Å². The van der Waals surface area contributed by atoms with Crippen LogP contribution in [0.5, 0.6) is 0 Å². The summed E-state index contributed by atoms with van der Waals surface area (Å²) in [7, 11) is 0. The molecule has 0 aliphatic carbocycles. The number of rotatable bonds is 2. The molecule has 78 valence electrons. The van der Waals surface area contributed by atoms with Gasteiger partial charge in [-0.2, -0.15) is 11.3 Å². The molecule has 1 aromatic heterocycles. The molecule has 0 amide bonds. The Hall–Kier alpha value is 0.0700. The second kappa shape index (κ2) is 4.73. The number of hydrogen-bond donors (Lipinski definition) is 1. The Morgan fingerprint density at radius 1 is 1.43 bits per heavy atom. The highest BCUT2D eigenvalue weighted by molar-refractivity contribution is 9.10. The molecule has 1 atom stereocenters. The van der Waals surface area contributed by atoms with Crippen molar-refractivity contribution < 1.29 is 4.39 Å². The van der Waals surface area contributed by atoms with Crippen molar-refractivity contribution >= 4 is 27.3 Å². The van der Waals surface area contributed by atoms with Gasteiger partial charge in [-0.1, -0.05) is 0 Å². The highest BCUT2D eigenvalue weighted by atomic mass is 79.9. The van der Waals surface area contributed by atoms with Crippen molar-refractivity contribution in [2.45, 2.75) is 19.0 Å². The molecule has 1 N–H and O–H groups in total. The van der Waals surface area contributed by atoms with Crippen molar-refractivity contribution in [2.24, 2.45) is 5.92 Å². The Morgan fingerprint density at radius 2 is 2.14 bits per heavy atom. The second-order valence-electron chi connectivity index (χ2n) is 3.66. The van der Waals surface area contributed by atoms with E-state index in [1.807, 2.05) is 10.8 Å². The first-order valence-electron chi connectivity index (χ1n) is 4.85. The quantitative estimate of drug-likeness (QED) is 0.872. The maximum absolute atomic E-state index is 14.1. The zero-order valence-electron chi connectivity index (χ0n) is 7.80. The Balaban J connectivity index is 2.07. The van der Waals surface area contributed by atoms with Gasteiger partial charge < -0.3 is 5.32 Å². The molecule has 1 aliphatic heterocycles. The fourth-order valence-electron chi connectivity index (χ4n) is 1.88. The number of alkyl halides is 1. The molecule has 2 heterocycles. The third-order valence-electron chi connectivity index (χ3n) is 2.74. The van der Waals surface area contributed by atoms with Gasteiger partial charge in [0.15, 0.2) is 0 Å². The lowest BCUT2D eigenvalue weighted by Gasteiger charge is -2.25. The predicted molar refractivity (Wildman–Crippen MR) is 61.5 cm³/mol. The van der Waals surface area contributed by atoms with Crippen LogP contribution in [0.1, 0.15) is 24.6 Å². The van der Waals surface area contributed by atoms with Crippen molar-refractivity contribution in [2.75, 3.05) is 13.1 Å². The largest absolute Gasteiger partial charge is 0.317 e. The molecule has 1 aromatic rings. The molecule has 0 bridgehead atoms. The standard InChI is InChI=1S/C10H13BrFNS/c11-9-6-14-5-8(9)10(12)7-1-3-13-4-2-7/h5-7,10,13H,1-4H2. The lowest BCUT2D eigenvalue weighted by Crippen LogP contribution is -2.29. The molecule has 1 unspecified atom stereocenters. The molecule has 4 heteroatoms. The number of piperidine rings is 1. The van der Waals surface area contributed by atoms with E-state index >= 15 is 0 Å². The summed E-state index contributed by atoms with van der Waals surface area (Å²) in [6, 6.07) is 0. The van der Waals surface area contributed by atoms with Gasteiger partial charge in [-0.25, -0.2) is 4.39 Å². The Labute approximate surface area is 95.8 Å². The van der Waals surface area contributed by atoms with E-state index in [0.717, 1.165) is 36.0 Å². The first kappa shape index (κ1) is 10.6. The average molecular weight is 278 g/mol. The zero-order chi connectivity index (χ0) is 9.97. The van der Waals surface area contributed by atoms with Gasteiger partial charge in [0.05, 0.1) is 0 Å². The van der Waals surface area contributed by atoms with E-state index in [4.69, 9.17) is 0 Å². The maximum atomic E-state index is 14.1. The van der Waals surface area contributed by atoms with Crippen LogP contribution in [0.4, 0.5) is 4.39 Å². The molecule has 1 aliphatic rings. The van der Waals surface area contributed by atoms with Gasteiger partial charge in [0.25, 0.3) is 0 Å². The van der Waals surface area contributed by atoms with Gasteiger partial charge in [-0.05, 0) is 53.2 Å². The van der Waals surface area contributed by atoms with E-state index in [1.165, 1.54) is 0 Å². The second-order valence-corrected chi connectivity index (χ2v) is 5.26. The summed E-state index contributed by atoms with van der Waals surface area (Å²) < 4.78 is 15.0. The molecular weight excluding hydrogens is 265 g/mol. The minimum absolute atomic E-state index is 0.196. The van der Waals surface area contributed by atoms with Crippen molar-refractivity contribution in [1.82, 2.24) is 5.32 Å². The smallest absolute Gasteiger partial charge is 0.130 e. The van der Waals surface area contributed by atoms with Crippen LogP contribution in [0.2, 0.25) is 0 Å². The van der Waals surface area contributed by atoms with E-state index in [-0.39, 0.29) is 5.92 Å². The van der Waals surface area contributed by atoms with Crippen LogP contribution in [0, 0.1) is 5.92 Å². The summed E-state index contributed by atoms with van der Waals surface area (Å²) in [5.41, 5.74) is 0.835. The van der Waals surface area contributed by atoms with Crippen LogP contribution < -0.4 is 5.32 Å². The molecule has 1 fully saturated rings. The molecule has 0 spiro atoms. The first-order chi connectivity index (χ1) is 6.79. The van der Waals surface area contributed by atoms with E-state index < -0.39 is 6.17 Å². The highest BCUT2D eigenvalue weighted by Crippen LogP contribution is 2.37. The fourth-order valence-corrected chi connectivity index (χ4v) is 3.41. The Bertz CT molecular complexity index is 296. The average Bonchev–Trinajstić information content (AvgIpc) is 2.65. The van der Waals surface area contributed by atoms with Gasteiger partial charge in [0.1, 0.15) is 6.17 Å². The highest BCUT2D eigenvalue weighted by Gasteiger charge is 2.26. The summed E-state index contributed by atoms with van der Waals surface area (Å²) in [5.74, 6) is 0.196. The molecule has 14 heavy (non-hydrogen) atoms. The van der Waals surface area contributed by atoms with Crippen molar-refractivity contribution in [3.8, 4) is 0 Å². The monoisotopic (exact) mass is 277 g/mol. The minimum atomic E-state index is -0.794. The fraction of sp³-hybridized carbons (Fsp3) is 0.600. The summed E-state index contributed by atoms with van der Waals surface area (Å²) in [4.78, 5) is 0. The number of nitrogens with one attached hydrogen (secondary N) is 1. The van der Waals surface area contributed by atoms with Gasteiger partial charge in [0, 0.05) is 15.4 Å².